The fourth-order valence-electron chi connectivity index (χ4n) is 2.95. The molecule has 1 heterocycles. The molecule has 0 aliphatic carbocycles. The van der Waals surface area contributed by atoms with E-state index in [0.29, 0.717) is 85.6 Å². The van der Waals surface area contributed by atoms with Crippen molar-refractivity contribution in [2.24, 2.45) is 5.73 Å². The van der Waals surface area contributed by atoms with E-state index in [-0.39, 0.29) is 18.6 Å². The third-order valence-corrected chi connectivity index (χ3v) is 6.97. The lowest BCUT2D eigenvalue weighted by Gasteiger charge is -2.34. The summed E-state index contributed by atoms with van der Waals surface area (Å²) in [5.74, 6) is -0.150. The minimum Gasteiger partial charge on any atom is -0.378 e. The molecule has 1 unspecified atom stereocenters. The van der Waals surface area contributed by atoms with Crippen LogP contribution in [0.25, 0.3) is 0 Å². The monoisotopic (exact) mass is 512 g/mol. The van der Waals surface area contributed by atoms with Crippen LogP contribution in [0, 0.1) is 0 Å². The maximum Gasteiger partial charge on any atom is 0.246 e. The summed E-state index contributed by atoms with van der Waals surface area (Å²) >= 11 is 0. The number of hydrogen-bond acceptors (Lipinski definition) is 10. The number of carbonyl (C=O) groups is 1. The first-order chi connectivity index (χ1) is 16.2. The van der Waals surface area contributed by atoms with E-state index in [4.69, 9.17) is 29.4 Å². The highest BCUT2D eigenvalue weighted by atomic mass is 32.2. The Bertz CT molecular complexity index is 628. The lowest BCUT2D eigenvalue weighted by molar-refractivity contribution is -0.127. The Balaban J connectivity index is 1.82. The van der Waals surface area contributed by atoms with Crippen molar-refractivity contribution in [3.05, 3.63) is 0 Å². The second-order valence-corrected chi connectivity index (χ2v) is 10.4. The number of sulfonamides is 1. The number of nitrogens with zero attached hydrogens (tertiary/aromatic N) is 2. The van der Waals surface area contributed by atoms with E-state index < -0.39 is 15.4 Å². The van der Waals surface area contributed by atoms with Gasteiger partial charge in [0.2, 0.25) is 15.9 Å². The van der Waals surface area contributed by atoms with Gasteiger partial charge in [-0.3, -0.25) is 9.69 Å². The maximum absolute atomic E-state index is 12.1. The van der Waals surface area contributed by atoms with Gasteiger partial charge in [0.1, 0.15) is 12.0 Å². The molecule has 202 valence electrons. The first kappa shape index (κ1) is 31.1. The largest absolute Gasteiger partial charge is 0.378 e. The van der Waals surface area contributed by atoms with Crippen LogP contribution in [-0.4, -0.2) is 134 Å². The molecule has 1 saturated heterocycles. The Hall–Kier alpha value is -0.900. The van der Waals surface area contributed by atoms with E-state index in [1.165, 1.54) is 11.2 Å². The number of piperazine rings is 1. The van der Waals surface area contributed by atoms with Crippen molar-refractivity contribution in [1.82, 2.24) is 14.5 Å². The van der Waals surface area contributed by atoms with Crippen LogP contribution < -0.4 is 11.1 Å². The molecule has 1 aliphatic heterocycles. The zero-order valence-electron chi connectivity index (χ0n) is 20.9. The van der Waals surface area contributed by atoms with E-state index >= 15 is 0 Å². The lowest BCUT2D eigenvalue weighted by atomic mass is 10.3. The van der Waals surface area contributed by atoms with Crippen LogP contribution in [0.2, 0.25) is 0 Å². The summed E-state index contributed by atoms with van der Waals surface area (Å²) in [5.41, 5.74) is 5.55. The van der Waals surface area contributed by atoms with E-state index in [2.05, 4.69) is 10.2 Å². The second-order valence-electron chi connectivity index (χ2n) is 8.15. The molecule has 34 heavy (non-hydrogen) atoms. The van der Waals surface area contributed by atoms with E-state index in [1.54, 1.807) is 0 Å². The van der Waals surface area contributed by atoms with Crippen LogP contribution in [0.1, 0.15) is 20.8 Å². The van der Waals surface area contributed by atoms with Gasteiger partial charge in [0.25, 0.3) is 0 Å². The molecule has 1 fully saturated rings. The van der Waals surface area contributed by atoms with Gasteiger partial charge in [-0.25, -0.2) is 8.42 Å². The molecule has 1 amide bonds. The third-order valence-electron chi connectivity index (χ3n) is 4.95. The maximum atomic E-state index is 12.1. The minimum absolute atomic E-state index is 0.0324. The van der Waals surface area contributed by atoms with Gasteiger partial charge in [-0.1, -0.05) is 0 Å². The molecule has 1 rings (SSSR count). The van der Waals surface area contributed by atoms with Gasteiger partial charge in [0.05, 0.1) is 59.0 Å². The standard InChI is InChI=1S/C21H44N4O8S/c1-19(2)33-18-21(26)23-4-10-29-12-14-31-16-17-32-15-13-30-11-9-24-5-7-25(8-6-24)34(27,28)20(3)22/h19-20H,4-18,22H2,1-3H3,(H,23,26). The number of ether oxygens (including phenoxy) is 5. The van der Waals surface area contributed by atoms with Crippen LogP contribution >= 0.6 is 0 Å². The van der Waals surface area contributed by atoms with Crippen LogP contribution in [-0.2, 0) is 38.5 Å². The van der Waals surface area contributed by atoms with Gasteiger partial charge in [-0.15, -0.1) is 0 Å². The highest BCUT2D eigenvalue weighted by Gasteiger charge is 2.29. The number of nitrogens with two attached hydrogens (primary N) is 1. The Kier molecular flexibility index (Phi) is 16.8. The number of amides is 1. The van der Waals surface area contributed by atoms with E-state index in [0.717, 1.165) is 6.54 Å². The molecule has 3 N–H and O–H groups in total. The lowest BCUT2D eigenvalue weighted by Crippen LogP contribution is -2.52. The third kappa shape index (κ3) is 14.5. The number of hydrogen-bond donors (Lipinski definition) is 2. The van der Waals surface area contributed by atoms with Crippen molar-refractivity contribution in [3.63, 3.8) is 0 Å². The molecule has 0 aromatic heterocycles. The molecule has 0 aromatic rings. The summed E-state index contributed by atoms with van der Waals surface area (Å²) in [6, 6.07) is 0. The van der Waals surface area contributed by atoms with E-state index in [1.807, 2.05) is 13.8 Å². The Morgan fingerprint density at radius 3 is 1.85 bits per heavy atom. The Morgan fingerprint density at radius 1 is 0.853 bits per heavy atom. The molecule has 0 bridgehead atoms. The van der Waals surface area contributed by atoms with Gasteiger partial charge < -0.3 is 34.7 Å². The van der Waals surface area contributed by atoms with Crippen LogP contribution in [0.3, 0.4) is 0 Å². The molecular weight excluding hydrogens is 468 g/mol. The molecule has 0 saturated carbocycles. The smallest absolute Gasteiger partial charge is 0.246 e. The van der Waals surface area contributed by atoms with Crippen molar-refractivity contribution in [2.75, 3.05) is 98.7 Å². The van der Waals surface area contributed by atoms with Crippen molar-refractivity contribution >= 4 is 15.9 Å². The van der Waals surface area contributed by atoms with Crippen molar-refractivity contribution in [2.45, 2.75) is 32.2 Å². The average molecular weight is 513 g/mol. The van der Waals surface area contributed by atoms with Crippen molar-refractivity contribution in [3.8, 4) is 0 Å². The molecule has 1 atom stereocenters. The van der Waals surface area contributed by atoms with Gasteiger partial charge >= 0.3 is 0 Å². The molecule has 0 radical (unpaired) electrons. The van der Waals surface area contributed by atoms with Gasteiger partial charge in [0.15, 0.2) is 0 Å². The first-order valence-corrected chi connectivity index (χ1v) is 13.4. The number of rotatable bonds is 20. The van der Waals surface area contributed by atoms with Crippen LogP contribution in [0.5, 0.6) is 0 Å². The molecular formula is C21H44N4O8S. The van der Waals surface area contributed by atoms with Gasteiger partial charge in [0, 0.05) is 39.3 Å². The fourth-order valence-corrected chi connectivity index (χ4v) is 4.10. The van der Waals surface area contributed by atoms with Gasteiger partial charge in [-0.2, -0.15) is 4.31 Å². The molecule has 13 heteroatoms. The molecule has 12 nitrogen and oxygen atoms in total. The Labute approximate surface area is 204 Å². The fraction of sp³-hybridized carbons (Fsp3) is 0.952. The molecule has 1 aliphatic rings. The predicted molar refractivity (Wildman–Crippen MR) is 128 cm³/mol. The van der Waals surface area contributed by atoms with E-state index in [9.17, 15) is 13.2 Å². The summed E-state index contributed by atoms with van der Waals surface area (Å²) in [6.07, 6.45) is 0.0324. The second kappa shape index (κ2) is 18.4. The summed E-state index contributed by atoms with van der Waals surface area (Å²) < 4.78 is 52.6. The minimum atomic E-state index is -3.38. The zero-order chi connectivity index (χ0) is 25.2. The molecule has 0 spiro atoms. The topological polar surface area (TPSA) is 142 Å². The van der Waals surface area contributed by atoms with Gasteiger partial charge in [-0.05, 0) is 20.8 Å². The average Bonchev–Trinajstić information content (AvgIpc) is 2.80. The zero-order valence-corrected chi connectivity index (χ0v) is 21.7. The summed E-state index contributed by atoms with van der Waals surface area (Å²) in [5, 5.41) is 1.84. The number of carbonyl (C=O) groups excluding carboxylic acids is 1. The van der Waals surface area contributed by atoms with Crippen LogP contribution in [0.15, 0.2) is 0 Å². The van der Waals surface area contributed by atoms with Crippen molar-refractivity contribution in [1.29, 1.82) is 0 Å². The van der Waals surface area contributed by atoms with Crippen LogP contribution in [0.4, 0.5) is 0 Å². The highest BCUT2D eigenvalue weighted by molar-refractivity contribution is 7.89. The van der Waals surface area contributed by atoms with Crippen molar-refractivity contribution < 1.29 is 36.9 Å². The first-order valence-electron chi connectivity index (χ1n) is 11.9. The normalized spacial score (nSPS) is 16.7. The summed E-state index contributed by atoms with van der Waals surface area (Å²) in [6.45, 7) is 12.6. The highest BCUT2D eigenvalue weighted by Crippen LogP contribution is 2.09. The number of nitrogens with one attached hydrogen (secondary N) is 1. The molecule has 0 aromatic carbocycles. The SMILES string of the molecule is CC(C)OCC(=O)NCCOCCOCCOCCOCCN1CCN(S(=O)(=O)C(C)N)CC1. The Morgan fingerprint density at radius 2 is 1.35 bits per heavy atom. The predicted octanol–water partition coefficient (Wildman–Crippen LogP) is -1.15. The quantitative estimate of drug-likeness (QED) is 0.192. The summed E-state index contributed by atoms with van der Waals surface area (Å²) in [7, 11) is -3.38. The summed E-state index contributed by atoms with van der Waals surface area (Å²) in [4.78, 5) is 13.6.